The highest BCUT2D eigenvalue weighted by atomic mass is 35.5. The predicted octanol–water partition coefficient (Wildman–Crippen LogP) is 7.55. The van der Waals surface area contributed by atoms with Gasteiger partial charge in [-0.2, -0.15) is 5.10 Å². The third-order valence-corrected chi connectivity index (χ3v) is 10.3. The quantitative estimate of drug-likeness (QED) is 0.00765. The number of carbonyl (C=O) groups is 6. The molecule has 17 N–H and O–H groups in total. The van der Waals surface area contributed by atoms with E-state index in [1.165, 1.54) is 13.8 Å². The van der Waals surface area contributed by atoms with E-state index in [0.717, 1.165) is 68.2 Å². The molecular weight excluding hydrogens is 978 g/mol. The zero-order valence-electron chi connectivity index (χ0n) is 42.5. The maximum absolute atomic E-state index is 12.3. The Hall–Kier alpha value is -8.46. The van der Waals surface area contributed by atoms with Crippen molar-refractivity contribution in [3.63, 3.8) is 0 Å². The summed E-state index contributed by atoms with van der Waals surface area (Å²) in [6.07, 6.45) is 7.96. The number of hydrazone groups is 1. The summed E-state index contributed by atoms with van der Waals surface area (Å²) in [4.78, 5) is 75.7. The molecule has 4 aromatic carbocycles. The number of amidine groups is 1. The minimum Gasteiger partial charge on any atom is -0.386 e. The van der Waals surface area contributed by atoms with E-state index < -0.39 is 0 Å². The van der Waals surface area contributed by atoms with Gasteiger partial charge in [-0.1, -0.05) is 81.6 Å². The Balaban J connectivity index is 0.00000133. The molecule has 21 nitrogen and oxygen atoms in total. The molecule has 0 saturated heterocycles. The number of hydrogen-bond acceptors (Lipinski definition) is 12. The number of benzene rings is 4. The zero-order chi connectivity index (χ0) is 54.1. The highest BCUT2D eigenvalue weighted by Gasteiger charge is 2.10. The summed E-state index contributed by atoms with van der Waals surface area (Å²) in [5, 5.41) is 29.2. The van der Waals surface area contributed by atoms with Gasteiger partial charge in [0.1, 0.15) is 5.84 Å². The summed E-state index contributed by atoms with van der Waals surface area (Å²) in [6, 6.07) is 28.5. The molecule has 0 aromatic heterocycles. The molecule has 75 heavy (non-hydrogen) atoms. The van der Waals surface area contributed by atoms with Crippen molar-refractivity contribution >= 4 is 99.5 Å². The van der Waals surface area contributed by atoms with Crippen molar-refractivity contribution in [2.75, 3.05) is 27.8 Å². The van der Waals surface area contributed by atoms with Crippen molar-refractivity contribution in [1.82, 2.24) is 0 Å². The Kier molecular flexibility index (Phi) is 33.1. The van der Waals surface area contributed by atoms with Gasteiger partial charge in [0, 0.05) is 65.3 Å². The number of rotatable bonds is 25. The number of nitrogens with two attached hydrogens (primary N) is 6. The lowest BCUT2D eigenvalue weighted by Gasteiger charge is -2.08. The van der Waals surface area contributed by atoms with Crippen LogP contribution in [0.15, 0.2) is 117 Å². The van der Waals surface area contributed by atoms with Crippen molar-refractivity contribution in [3.05, 3.63) is 119 Å². The minimum atomic E-state index is -0.122. The van der Waals surface area contributed by atoms with Crippen LogP contribution < -0.4 is 55.8 Å². The fourth-order valence-corrected chi connectivity index (χ4v) is 6.50. The molecular formula is C53H76ClN15O6. The number of unbranched alkanes of at least 4 members (excludes halogenated alkanes) is 6. The molecule has 0 aliphatic rings. The van der Waals surface area contributed by atoms with Gasteiger partial charge in [-0.05, 0) is 113 Å². The fourth-order valence-electron chi connectivity index (χ4n) is 6.50. The highest BCUT2D eigenvalue weighted by molar-refractivity contribution is 6.02. The largest absolute Gasteiger partial charge is 0.386 e. The Labute approximate surface area is 446 Å². The van der Waals surface area contributed by atoms with Crippen LogP contribution >= 0.6 is 12.4 Å². The molecule has 406 valence electrons. The molecule has 0 heterocycles. The van der Waals surface area contributed by atoms with E-state index in [9.17, 15) is 28.8 Å². The number of Topliss-reactive ketones (excluding diaryl/α,β-unsaturated/α-hetero) is 2. The lowest BCUT2D eigenvalue weighted by Crippen LogP contribution is -2.23. The van der Waals surface area contributed by atoms with Crippen LogP contribution in [0.5, 0.6) is 0 Å². The molecule has 0 unspecified atom stereocenters. The van der Waals surface area contributed by atoms with Crippen molar-refractivity contribution < 1.29 is 28.8 Å². The van der Waals surface area contributed by atoms with Crippen LogP contribution in [0.1, 0.15) is 144 Å². The first kappa shape index (κ1) is 66.5. The standard InChI is InChI=1S/C27H37N9O2.C24H28N2O4.CH6N4.CH4.ClH/c1-18(32-17-24(28)29)20-9-7-11-22(15-20)33-25(37)13-5-3-4-6-14-26(38)34-23-12-8-10-21(16-23)19(2)35-36-27(30)31;1-17(27)19-9-7-11-21(15-19)25-23(29)13-5-3-4-6-14-24(30)26-22-12-8-10-20(16-22)18(2)28;2-1(3)5-4;;/h7-12,15-16H,3-6,13-14,17H2,1-2H3,(H3,28,29)(H,33,37)(H,34,38)(H4,30,31,36);7-12,15-16H,3-6,13-14H2,1-2H3,(H,25,29)(H,26,30);4H2,(H4,2,3,5);1H4;1H/b32-18?,35-19+;;;;. The van der Waals surface area contributed by atoms with Crippen LogP contribution in [-0.2, 0) is 19.2 Å². The van der Waals surface area contributed by atoms with E-state index in [1.807, 2.05) is 55.5 Å². The smallest absolute Gasteiger partial charge is 0.224 e. The normalized spacial score (nSPS) is 10.4. The Morgan fingerprint density at radius 2 is 0.747 bits per heavy atom. The number of nitrogens with zero attached hydrogens (tertiary/aromatic N) is 4. The first-order valence-electron chi connectivity index (χ1n) is 23.6. The van der Waals surface area contributed by atoms with Gasteiger partial charge in [0.05, 0.1) is 12.3 Å². The van der Waals surface area contributed by atoms with Crippen molar-refractivity contribution in [3.8, 4) is 0 Å². The number of carbonyl (C=O) groups excluding carboxylic acids is 6. The van der Waals surface area contributed by atoms with Gasteiger partial charge in [0.25, 0.3) is 0 Å². The molecule has 0 saturated carbocycles. The van der Waals surface area contributed by atoms with Gasteiger partial charge in [0.2, 0.25) is 35.5 Å². The molecule has 0 atom stereocenters. The lowest BCUT2D eigenvalue weighted by atomic mass is 10.1. The average Bonchev–Trinajstić information content (AvgIpc) is 3.35. The second-order valence-corrected chi connectivity index (χ2v) is 16.6. The molecule has 4 amide bonds. The minimum absolute atomic E-state index is 0. The fraction of sp³-hybridized carbons (Fsp3) is 0.340. The summed E-state index contributed by atoms with van der Waals surface area (Å²) in [7, 11) is 0. The van der Waals surface area contributed by atoms with E-state index in [-0.39, 0.29) is 79.3 Å². The van der Waals surface area contributed by atoms with Gasteiger partial charge < -0.3 is 55.8 Å². The number of nitrogens with one attached hydrogen (secondary N) is 5. The van der Waals surface area contributed by atoms with E-state index >= 15 is 0 Å². The molecule has 4 rings (SSSR count). The second kappa shape index (κ2) is 37.3. The molecule has 0 aliphatic heterocycles. The monoisotopic (exact) mass is 1050 g/mol. The third kappa shape index (κ3) is 30.2. The molecule has 4 aromatic rings. The van der Waals surface area contributed by atoms with Crippen LogP contribution in [0.3, 0.4) is 0 Å². The number of anilines is 4. The number of amides is 4. The van der Waals surface area contributed by atoms with Crippen molar-refractivity contribution in [1.29, 1.82) is 5.41 Å². The van der Waals surface area contributed by atoms with Crippen LogP contribution in [-0.4, -0.2) is 70.9 Å². The van der Waals surface area contributed by atoms with Crippen molar-refractivity contribution in [2.45, 2.75) is 112 Å². The first-order valence-corrected chi connectivity index (χ1v) is 23.6. The van der Waals surface area contributed by atoms with Crippen LogP contribution in [0.2, 0.25) is 0 Å². The van der Waals surface area contributed by atoms with E-state index in [4.69, 9.17) is 34.1 Å². The Morgan fingerprint density at radius 1 is 0.453 bits per heavy atom. The third-order valence-electron chi connectivity index (χ3n) is 10.3. The summed E-state index contributed by atoms with van der Waals surface area (Å²) in [5.74, 6) is 3.92. The number of aliphatic imine (C=N–C) groups is 1. The van der Waals surface area contributed by atoms with Gasteiger partial charge in [0.15, 0.2) is 11.6 Å². The van der Waals surface area contributed by atoms with Gasteiger partial charge in [-0.15, -0.1) is 22.6 Å². The van der Waals surface area contributed by atoms with E-state index in [1.54, 1.807) is 55.5 Å². The number of halogens is 1. The summed E-state index contributed by atoms with van der Waals surface area (Å²) >= 11 is 0. The lowest BCUT2D eigenvalue weighted by molar-refractivity contribution is -0.117. The summed E-state index contributed by atoms with van der Waals surface area (Å²) in [6.45, 7) is 6.75. The maximum Gasteiger partial charge on any atom is 0.224 e. The molecule has 0 aliphatic carbocycles. The predicted molar refractivity (Wildman–Crippen MR) is 307 cm³/mol. The highest BCUT2D eigenvalue weighted by Crippen LogP contribution is 2.17. The van der Waals surface area contributed by atoms with Gasteiger partial charge in [-0.3, -0.25) is 39.2 Å². The summed E-state index contributed by atoms with van der Waals surface area (Å²) in [5.41, 5.74) is 32.1. The molecule has 0 bridgehead atoms. The van der Waals surface area contributed by atoms with Gasteiger partial charge in [-0.25, -0.2) is 0 Å². The van der Waals surface area contributed by atoms with Crippen LogP contribution in [0.25, 0.3) is 0 Å². The topological polar surface area (TPSA) is 380 Å². The van der Waals surface area contributed by atoms with E-state index in [2.05, 4.69) is 47.4 Å². The molecule has 0 radical (unpaired) electrons. The molecule has 0 fully saturated rings. The van der Waals surface area contributed by atoms with Crippen LogP contribution in [0.4, 0.5) is 22.7 Å². The van der Waals surface area contributed by atoms with Crippen LogP contribution in [0, 0.1) is 5.41 Å². The zero-order valence-corrected chi connectivity index (χ0v) is 43.4. The Morgan fingerprint density at radius 3 is 1.03 bits per heavy atom. The summed E-state index contributed by atoms with van der Waals surface area (Å²) < 4.78 is 0. The number of hydrogen-bond donors (Lipinski definition) is 11. The maximum atomic E-state index is 12.3. The van der Waals surface area contributed by atoms with E-state index in [0.29, 0.717) is 65.3 Å². The molecule has 22 heteroatoms. The number of guanidine groups is 2. The SMILES string of the molecule is C.CC(=NCC(=N)N)c1cccc(NC(=O)CCCCCCC(=O)Nc2cccc(/C(C)=N/N=C(N)N)c2)c1.CC(=O)c1cccc(NC(=O)CCCCCCC(=O)Nc2cccc(C(C)=O)c2)c1.Cl.NN=C(N)N. The average molecular weight is 1050 g/mol. The first-order chi connectivity index (χ1) is 34.8. The second-order valence-electron chi connectivity index (χ2n) is 16.6. The molecule has 0 spiro atoms. The number of ketones is 2. The Bertz CT molecular complexity index is 2550. The van der Waals surface area contributed by atoms with Crippen molar-refractivity contribution in [2.24, 2.45) is 54.8 Å². The van der Waals surface area contributed by atoms with Gasteiger partial charge >= 0.3 is 0 Å².